The Morgan fingerprint density at radius 3 is 1.77 bits per heavy atom. The summed E-state index contributed by atoms with van der Waals surface area (Å²) in [6, 6.07) is 0. The molecule has 0 amide bonds. The minimum atomic E-state index is 0.681. The van der Waals surface area contributed by atoms with Gasteiger partial charge < -0.3 is 4.42 Å². The molecule has 0 spiro atoms. The normalized spacial score (nSPS) is 11.1. The molecule has 0 unspecified atom stereocenters. The van der Waals surface area contributed by atoms with E-state index in [1.165, 1.54) is 24.7 Å². The van der Waals surface area contributed by atoms with Gasteiger partial charge in [-0.3, -0.25) is 9.59 Å². The van der Waals surface area contributed by atoms with Gasteiger partial charge in [-0.15, -0.1) is 0 Å². The summed E-state index contributed by atoms with van der Waals surface area (Å²) in [5, 5.41) is 0. The van der Waals surface area contributed by atoms with Crippen LogP contribution in [0, 0.1) is 0 Å². The van der Waals surface area contributed by atoms with Crippen LogP contribution in [-0.2, 0) is 9.59 Å². The highest BCUT2D eigenvalue weighted by molar-refractivity contribution is 5.79. The van der Waals surface area contributed by atoms with E-state index in [9.17, 15) is 9.59 Å². The predicted octanol–water partition coefficient (Wildman–Crippen LogP) is 1.70. The highest BCUT2D eigenvalue weighted by Crippen LogP contribution is 2.13. The molecule has 0 atom stereocenters. The quantitative estimate of drug-likeness (QED) is 0.518. The van der Waals surface area contributed by atoms with Crippen LogP contribution in [0.1, 0.15) is 11.1 Å². The van der Waals surface area contributed by atoms with E-state index in [4.69, 9.17) is 4.42 Å². The summed E-state index contributed by atoms with van der Waals surface area (Å²) in [5.41, 5.74) is 1.54. The maximum atomic E-state index is 10.0. The van der Waals surface area contributed by atoms with E-state index in [1.54, 1.807) is 12.2 Å². The van der Waals surface area contributed by atoms with Crippen LogP contribution in [0.25, 0.3) is 12.2 Å². The van der Waals surface area contributed by atoms with Gasteiger partial charge in [0.2, 0.25) is 0 Å². The molecule has 0 aliphatic carbocycles. The van der Waals surface area contributed by atoms with Crippen LogP contribution in [-0.4, -0.2) is 12.6 Å². The van der Waals surface area contributed by atoms with Crippen LogP contribution in [0.3, 0.4) is 0 Å². The van der Waals surface area contributed by atoms with Gasteiger partial charge in [-0.2, -0.15) is 0 Å². The Morgan fingerprint density at radius 1 is 0.923 bits per heavy atom. The fraction of sp³-hybridized carbons (Fsp3) is 0. The summed E-state index contributed by atoms with van der Waals surface area (Å²) >= 11 is 0. The molecule has 0 bridgehead atoms. The monoisotopic (exact) mass is 176 g/mol. The van der Waals surface area contributed by atoms with E-state index in [1.807, 2.05) is 0 Å². The van der Waals surface area contributed by atoms with Crippen molar-refractivity contribution in [2.24, 2.45) is 0 Å². The average Bonchev–Trinajstić information content (AvgIpc) is 2.59. The Bertz CT molecular complexity index is 312. The Morgan fingerprint density at radius 2 is 1.38 bits per heavy atom. The third kappa shape index (κ3) is 2.56. The summed E-state index contributed by atoms with van der Waals surface area (Å²) < 4.78 is 4.91. The lowest BCUT2D eigenvalue weighted by Crippen LogP contribution is -1.72. The lowest BCUT2D eigenvalue weighted by Gasteiger charge is -1.85. The number of carbonyl (C=O) groups excluding carboxylic acids is 2. The number of furan rings is 1. The first kappa shape index (κ1) is 9.19. The van der Waals surface area contributed by atoms with Gasteiger partial charge in [0.15, 0.2) is 0 Å². The van der Waals surface area contributed by atoms with E-state index < -0.39 is 0 Å². The van der Waals surface area contributed by atoms with Crippen molar-refractivity contribution in [2.45, 2.75) is 0 Å². The molecule has 0 aliphatic heterocycles. The molecule has 13 heavy (non-hydrogen) atoms. The van der Waals surface area contributed by atoms with Crippen molar-refractivity contribution < 1.29 is 14.0 Å². The molecule has 66 valence electrons. The zero-order chi connectivity index (χ0) is 9.52. The zero-order valence-corrected chi connectivity index (χ0v) is 6.84. The molecule has 0 aliphatic rings. The summed E-state index contributed by atoms with van der Waals surface area (Å²) in [6.45, 7) is 0. The number of hydrogen-bond acceptors (Lipinski definition) is 3. The molecular formula is C10H8O3. The van der Waals surface area contributed by atoms with Crippen molar-refractivity contribution in [3.63, 3.8) is 0 Å². The maximum Gasteiger partial charge on any atom is 0.142 e. The smallest absolute Gasteiger partial charge is 0.142 e. The SMILES string of the molecule is O=C/C=C/c1cocc1/C=C/C=O. The third-order valence-electron chi connectivity index (χ3n) is 1.43. The molecule has 0 aromatic carbocycles. The summed E-state index contributed by atoms with van der Waals surface area (Å²) in [6.07, 6.45) is 10.3. The summed E-state index contributed by atoms with van der Waals surface area (Å²) in [4.78, 5) is 20.1. The molecule has 0 saturated carbocycles. The third-order valence-corrected chi connectivity index (χ3v) is 1.43. The van der Waals surface area contributed by atoms with Crippen molar-refractivity contribution >= 4 is 24.7 Å². The number of rotatable bonds is 4. The first-order chi connectivity index (χ1) is 6.38. The number of allylic oxidation sites excluding steroid dienone is 2. The molecule has 0 fully saturated rings. The predicted molar refractivity (Wildman–Crippen MR) is 48.9 cm³/mol. The Balaban J connectivity index is 2.88. The van der Waals surface area contributed by atoms with Crippen LogP contribution in [0.2, 0.25) is 0 Å². The Labute approximate surface area is 75.4 Å². The van der Waals surface area contributed by atoms with Gasteiger partial charge >= 0.3 is 0 Å². The standard InChI is InChI=1S/C10H8O3/c11-5-1-3-9-7-13-8-10(9)4-2-6-12/h1-8H/b3-1+,4-2+. The van der Waals surface area contributed by atoms with Crippen LogP contribution >= 0.6 is 0 Å². The van der Waals surface area contributed by atoms with Gasteiger partial charge in [0.1, 0.15) is 12.6 Å². The lowest BCUT2D eigenvalue weighted by atomic mass is 10.2. The highest BCUT2D eigenvalue weighted by Gasteiger charge is 1.96. The van der Waals surface area contributed by atoms with Crippen LogP contribution < -0.4 is 0 Å². The van der Waals surface area contributed by atoms with Crippen molar-refractivity contribution in [3.05, 3.63) is 35.8 Å². The van der Waals surface area contributed by atoms with Crippen molar-refractivity contribution in [2.75, 3.05) is 0 Å². The largest absolute Gasteiger partial charge is 0.471 e. The molecule has 0 saturated heterocycles. The molecule has 0 radical (unpaired) electrons. The van der Waals surface area contributed by atoms with Crippen LogP contribution in [0.15, 0.2) is 29.1 Å². The van der Waals surface area contributed by atoms with E-state index in [2.05, 4.69) is 0 Å². The Hall–Kier alpha value is -1.90. The molecule has 3 heteroatoms. The average molecular weight is 176 g/mol. The van der Waals surface area contributed by atoms with Crippen molar-refractivity contribution in [1.82, 2.24) is 0 Å². The number of hydrogen-bond donors (Lipinski definition) is 0. The fourth-order valence-electron chi connectivity index (χ4n) is 0.874. The van der Waals surface area contributed by atoms with Gasteiger partial charge in [0, 0.05) is 11.1 Å². The van der Waals surface area contributed by atoms with Gasteiger partial charge in [-0.25, -0.2) is 0 Å². The minimum Gasteiger partial charge on any atom is -0.471 e. The van der Waals surface area contributed by atoms with Gasteiger partial charge in [0.25, 0.3) is 0 Å². The first-order valence-corrected chi connectivity index (χ1v) is 3.68. The van der Waals surface area contributed by atoms with Crippen LogP contribution in [0.4, 0.5) is 0 Å². The highest BCUT2D eigenvalue weighted by atomic mass is 16.3. The molecule has 1 rings (SSSR count). The molecule has 1 heterocycles. The zero-order valence-electron chi connectivity index (χ0n) is 6.84. The van der Waals surface area contributed by atoms with Crippen molar-refractivity contribution in [1.29, 1.82) is 0 Å². The van der Waals surface area contributed by atoms with E-state index in [-0.39, 0.29) is 0 Å². The number of aldehydes is 2. The number of carbonyl (C=O) groups is 2. The second kappa shape index (κ2) is 4.87. The lowest BCUT2D eigenvalue weighted by molar-refractivity contribution is -0.104. The molecule has 3 nitrogen and oxygen atoms in total. The second-order valence-corrected chi connectivity index (χ2v) is 2.27. The fourth-order valence-corrected chi connectivity index (χ4v) is 0.874. The first-order valence-electron chi connectivity index (χ1n) is 3.68. The Kier molecular flexibility index (Phi) is 3.45. The maximum absolute atomic E-state index is 10.0. The van der Waals surface area contributed by atoms with E-state index in [0.717, 1.165) is 11.1 Å². The summed E-state index contributed by atoms with van der Waals surface area (Å²) in [5.74, 6) is 0. The van der Waals surface area contributed by atoms with Crippen molar-refractivity contribution in [3.8, 4) is 0 Å². The van der Waals surface area contributed by atoms with Crippen LogP contribution in [0.5, 0.6) is 0 Å². The topological polar surface area (TPSA) is 47.3 Å². The second-order valence-electron chi connectivity index (χ2n) is 2.27. The van der Waals surface area contributed by atoms with E-state index in [0.29, 0.717) is 12.6 Å². The molecule has 0 N–H and O–H groups in total. The molecule has 1 aromatic rings. The molecular weight excluding hydrogens is 168 g/mol. The van der Waals surface area contributed by atoms with E-state index >= 15 is 0 Å². The minimum absolute atomic E-state index is 0.681. The summed E-state index contributed by atoms with van der Waals surface area (Å²) in [7, 11) is 0. The van der Waals surface area contributed by atoms with Gasteiger partial charge in [0.05, 0.1) is 12.5 Å². The molecule has 1 aromatic heterocycles. The van der Waals surface area contributed by atoms with Gasteiger partial charge in [-0.05, 0) is 24.3 Å². The van der Waals surface area contributed by atoms with Gasteiger partial charge in [-0.1, -0.05) is 0 Å².